The highest BCUT2D eigenvalue weighted by molar-refractivity contribution is 7.99. The lowest BCUT2D eigenvalue weighted by Crippen LogP contribution is -2.51. The Morgan fingerprint density at radius 1 is 0.915 bits per heavy atom. The van der Waals surface area contributed by atoms with Gasteiger partial charge < -0.3 is 34.0 Å². The van der Waals surface area contributed by atoms with E-state index >= 15 is 0 Å². The van der Waals surface area contributed by atoms with Gasteiger partial charge in [-0.3, -0.25) is 9.59 Å². The molecule has 0 atom stereocenters. The van der Waals surface area contributed by atoms with Crippen molar-refractivity contribution in [3.8, 4) is 17.4 Å². The van der Waals surface area contributed by atoms with Gasteiger partial charge in [-0.1, -0.05) is 44.3 Å². The van der Waals surface area contributed by atoms with Crippen molar-refractivity contribution in [2.45, 2.75) is 52.6 Å². The van der Waals surface area contributed by atoms with Crippen LogP contribution in [-0.4, -0.2) is 82.8 Å². The second kappa shape index (κ2) is 14.7. The molecule has 0 spiro atoms. The summed E-state index contributed by atoms with van der Waals surface area (Å²) in [5.41, 5.74) is 1.85. The van der Waals surface area contributed by atoms with Crippen LogP contribution in [-0.2, 0) is 10.2 Å². The highest BCUT2D eigenvalue weighted by Gasteiger charge is 2.29. The Kier molecular flexibility index (Phi) is 11.1. The average Bonchev–Trinajstić information content (AvgIpc) is 3.00. The van der Waals surface area contributed by atoms with Crippen LogP contribution in [0.25, 0.3) is 0 Å². The van der Waals surface area contributed by atoms with Crippen molar-refractivity contribution < 1.29 is 28.6 Å². The predicted molar refractivity (Wildman–Crippen MR) is 184 cm³/mol. The van der Waals surface area contributed by atoms with Crippen molar-refractivity contribution in [1.29, 1.82) is 0 Å². The van der Waals surface area contributed by atoms with Crippen molar-refractivity contribution in [3.63, 3.8) is 0 Å². The first-order valence-electron chi connectivity index (χ1n) is 15.0. The van der Waals surface area contributed by atoms with Crippen LogP contribution in [0.1, 0.15) is 68.0 Å². The Morgan fingerprint density at radius 3 is 2.19 bits per heavy atom. The molecule has 0 saturated carbocycles. The van der Waals surface area contributed by atoms with E-state index < -0.39 is 17.6 Å². The van der Waals surface area contributed by atoms with Crippen LogP contribution in [0.5, 0.6) is 17.4 Å². The molecule has 1 aliphatic heterocycles. The Morgan fingerprint density at radius 2 is 1.57 bits per heavy atom. The van der Waals surface area contributed by atoms with Gasteiger partial charge in [-0.25, -0.2) is 14.8 Å². The van der Waals surface area contributed by atoms with E-state index in [0.717, 1.165) is 11.3 Å². The first kappa shape index (κ1) is 35.6. The lowest BCUT2D eigenvalue weighted by molar-refractivity contribution is 0.0140. The molecule has 3 amide bonds. The van der Waals surface area contributed by atoms with E-state index in [4.69, 9.17) is 25.8 Å². The van der Waals surface area contributed by atoms with E-state index in [1.165, 1.54) is 30.4 Å². The summed E-state index contributed by atoms with van der Waals surface area (Å²) in [6, 6.07) is 9.94. The average molecular weight is 685 g/mol. The van der Waals surface area contributed by atoms with Gasteiger partial charge in [0, 0.05) is 44.1 Å². The third-order valence-electron chi connectivity index (χ3n) is 7.11. The monoisotopic (exact) mass is 684 g/mol. The van der Waals surface area contributed by atoms with Gasteiger partial charge in [0.1, 0.15) is 23.4 Å². The summed E-state index contributed by atoms with van der Waals surface area (Å²) >= 11 is 7.86. The van der Waals surface area contributed by atoms with Crippen LogP contribution in [0.2, 0.25) is 5.02 Å². The highest BCUT2D eigenvalue weighted by atomic mass is 35.5. The maximum atomic E-state index is 13.5. The largest absolute Gasteiger partial charge is 0.492 e. The van der Waals surface area contributed by atoms with Crippen LogP contribution < -0.4 is 19.5 Å². The zero-order chi connectivity index (χ0) is 34.5. The molecule has 14 heteroatoms. The fourth-order valence-electron chi connectivity index (χ4n) is 4.68. The van der Waals surface area contributed by atoms with E-state index in [2.05, 4.69) is 40.8 Å². The summed E-state index contributed by atoms with van der Waals surface area (Å²) in [7, 11) is 1.55. The Labute approximate surface area is 284 Å². The van der Waals surface area contributed by atoms with E-state index in [1.54, 1.807) is 29.0 Å². The molecule has 0 radical (unpaired) electrons. The second-order valence-corrected chi connectivity index (χ2v) is 13.9. The molecule has 2 heterocycles. The van der Waals surface area contributed by atoms with Crippen LogP contribution in [0.4, 0.5) is 16.2 Å². The highest BCUT2D eigenvalue weighted by Crippen LogP contribution is 2.40. The maximum Gasteiger partial charge on any atom is 0.410 e. The SMILES string of the molecule is COc1c(NSC)cc(C(C)(C)C)cc1NC(=O)c1ccc(Cl)c(Oc2cc(C(=O)N3CCN(C(=O)OC(C)(C)C)CC3)ncn2)c1. The number of halogens is 1. The zero-order valence-corrected chi connectivity index (χ0v) is 29.5. The molecule has 1 fully saturated rings. The molecule has 0 aliphatic carbocycles. The van der Waals surface area contributed by atoms with Gasteiger partial charge in [-0.05, 0) is 62.1 Å². The summed E-state index contributed by atoms with van der Waals surface area (Å²) in [5.74, 6) is -0.00206. The topological polar surface area (TPSA) is 135 Å². The number of anilines is 2. The molecule has 0 unspecified atom stereocenters. The molecular formula is C33H41ClN6O6S. The molecule has 2 aromatic carbocycles. The number of ether oxygens (including phenoxy) is 3. The minimum atomic E-state index is -0.603. The fraction of sp³-hybridized carbons (Fsp3) is 0.424. The number of nitrogens with zero attached hydrogens (tertiary/aromatic N) is 4. The summed E-state index contributed by atoms with van der Waals surface area (Å²) in [4.78, 5) is 50.6. The number of piperazine rings is 1. The number of nitrogens with one attached hydrogen (secondary N) is 2. The minimum Gasteiger partial charge on any atom is -0.492 e. The van der Waals surface area contributed by atoms with Crippen molar-refractivity contribution in [1.82, 2.24) is 19.8 Å². The van der Waals surface area contributed by atoms with Gasteiger partial charge in [0.05, 0.1) is 23.5 Å². The molecule has 1 saturated heterocycles. The summed E-state index contributed by atoms with van der Waals surface area (Å²) in [6.07, 6.45) is 2.71. The number of aromatic nitrogens is 2. The number of amides is 3. The number of carbonyl (C=O) groups excluding carboxylic acids is 3. The molecule has 1 aliphatic rings. The Bertz CT molecular complexity index is 1630. The molecule has 0 bridgehead atoms. The first-order chi connectivity index (χ1) is 22.1. The quantitative estimate of drug-likeness (QED) is 0.242. The third-order valence-corrected chi connectivity index (χ3v) is 7.84. The van der Waals surface area contributed by atoms with Crippen molar-refractivity contribution >= 4 is 52.8 Å². The molecule has 2 N–H and O–H groups in total. The van der Waals surface area contributed by atoms with E-state index in [-0.39, 0.29) is 39.2 Å². The van der Waals surface area contributed by atoms with Crippen molar-refractivity contribution in [3.05, 3.63) is 64.6 Å². The lowest BCUT2D eigenvalue weighted by atomic mass is 9.86. The molecule has 47 heavy (non-hydrogen) atoms. The van der Waals surface area contributed by atoms with Crippen LogP contribution in [0, 0.1) is 0 Å². The summed E-state index contributed by atoms with van der Waals surface area (Å²) in [6.45, 7) is 13.0. The predicted octanol–water partition coefficient (Wildman–Crippen LogP) is 6.86. The second-order valence-electron chi connectivity index (χ2n) is 12.9. The number of benzene rings is 2. The number of hydrogen-bond acceptors (Lipinski definition) is 10. The molecule has 3 aromatic rings. The van der Waals surface area contributed by atoms with Gasteiger partial charge in [0.15, 0.2) is 5.75 Å². The van der Waals surface area contributed by atoms with E-state index in [9.17, 15) is 14.4 Å². The zero-order valence-electron chi connectivity index (χ0n) is 27.9. The Hall–Kier alpha value is -4.23. The smallest absolute Gasteiger partial charge is 0.410 e. The van der Waals surface area contributed by atoms with Gasteiger partial charge in [-0.15, -0.1) is 0 Å². The van der Waals surface area contributed by atoms with Gasteiger partial charge in [-0.2, -0.15) is 0 Å². The van der Waals surface area contributed by atoms with E-state index in [1.807, 2.05) is 39.2 Å². The van der Waals surface area contributed by atoms with E-state index in [0.29, 0.717) is 37.6 Å². The maximum absolute atomic E-state index is 13.5. The Balaban J connectivity index is 1.49. The molecular weight excluding hydrogens is 644 g/mol. The number of carbonyl (C=O) groups is 3. The summed E-state index contributed by atoms with van der Waals surface area (Å²) < 4.78 is 20.3. The molecule has 12 nitrogen and oxygen atoms in total. The molecule has 1 aromatic heterocycles. The normalized spacial score (nSPS) is 13.6. The molecule has 4 rings (SSSR count). The van der Waals surface area contributed by atoms with Crippen molar-refractivity contribution in [2.24, 2.45) is 0 Å². The fourth-order valence-corrected chi connectivity index (χ4v) is 5.21. The van der Waals surface area contributed by atoms with Crippen molar-refractivity contribution in [2.75, 3.05) is 49.6 Å². The standard InChI is InChI=1S/C33H41ClN6O6S/c1-32(2,3)21-16-23(28(44-7)24(17-21)38-47-8)37-29(41)20-9-10-22(34)26(15-20)45-27-18-25(35-19-36-27)30(42)39-11-13-40(14-12-39)31(43)46-33(4,5)6/h9-10,15-19,38H,11-14H2,1-8H3,(H,37,41). The summed E-state index contributed by atoms with van der Waals surface area (Å²) in [5, 5.41) is 3.20. The number of hydrogen-bond donors (Lipinski definition) is 2. The van der Waals surface area contributed by atoms with Gasteiger partial charge >= 0.3 is 6.09 Å². The van der Waals surface area contributed by atoms with Crippen LogP contribution in [0.3, 0.4) is 0 Å². The van der Waals surface area contributed by atoms with Crippen LogP contribution in [0.15, 0.2) is 42.7 Å². The third kappa shape index (κ3) is 9.19. The lowest BCUT2D eigenvalue weighted by Gasteiger charge is -2.35. The minimum absolute atomic E-state index is 0.0718. The van der Waals surface area contributed by atoms with Gasteiger partial charge in [0.25, 0.3) is 11.8 Å². The number of rotatable bonds is 8. The first-order valence-corrected chi connectivity index (χ1v) is 16.6. The number of methoxy groups -OCH3 is 1. The molecule has 252 valence electrons. The van der Waals surface area contributed by atoms with Gasteiger partial charge in [0.2, 0.25) is 5.88 Å². The van der Waals surface area contributed by atoms with Crippen LogP contribution >= 0.6 is 23.5 Å².